The van der Waals surface area contributed by atoms with E-state index in [1.165, 1.54) is 0 Å². The minimum absolute atomic E-state index is 0.0909. The number of amides is 2. The number of hydrogen-bond acceptors (Lipinski definition) is 4. The SMILES string of the molecule is COc1ccccc1[C@@H](C)NC(=O)C1CNC(=O)CN1. The summed E-state index contributed by atoms with van der Waals surface area (Å²) in [6, 6.07) is 6.99. The zero-order valence-electron chi connectivity index (χ0n) is 11.6. The van der Waals surface area contributed by atoms with Crippen LogP contribution in [0.4, 0.5) is 0 Å². The number of hydrogen-bond donors (Lipinski definition) is 3. The minimum atomic E-state index is -0.398. The van der Waals surface area contributed by atoms with Gasteiger partial charge in [0.15, 0.2) is 0 Å². The van der Waals surface area contributed by atoms with E-state index in [1.54, 1.807) is 7.11 Å². The molecule has 1 unspecified atom stereocenters. The van der Waals surface area contributed by atoms with Gasteiger partial charge in [-0.05, 0) is 13.0 Å². The Morgan fingerprint density at radius 2 is 2.20 bits per heavy atom. The first-order valence-electron chi connectivity index (χ1n) is 6.55. The maximum Gasteiger partial charge on any atom is 0.239 e. The first-order valence-corrected chi connectivity index (χ1v) is 6.55. The monoisotopic (exact) mass is 277 g/mol. The van der Waals surface area contributed by atoms with Crippen molar-refractivity contribution in [3.63, 3.8) is 0 Å². The molecule has 6 nitrogen and oxygen atoms in total. The van der Waals surface area contributed by atoms with Crippen LogP contribution in [0.3, 0.4) is 0 Å². The quantitative estimate of drug-likeness (QED) is 0.721. The highest BCUT2D eigenvalue weighted by Crippen LogP contribution is 2.24. The molecule has 2 rings (SSSR count). The van der Waals surface area contributed by atoms with E-state index in [0.29, 0.717) is 6.54 Å². The molecule has 1 aliphatic rings. The van der Waals surface area contributed by atoms with Crippen LogP contribution in [-0.2, 0) is 9.59 Å². The van der Waals surface area contributed by atoms with Crippen LogP contribution in [-0.4, -0.2) is 38.1 Å². The van der Waals surface area contributed by atoms with Crippen LogP contribution in [0.15, 0.2) is 24.3 Å². The molecule has 1 aromatic carbocycles. The van der Waals surface area contributed by atoms with E-state index < -0.39 is 6.04 Å². The number of carbonyl (C=O) groups excluding carboxylic acids is 2. The van der Waals surface area contributed by atoms with Crippen molar-refractivity contribution in [2.45, 2.75) is 19.0 Å². The second-order valence-corrected chi connectivity index (χ2v) is 4.71. The van der Waals surface area contributed by atoms with E-state index in [0.717, 1.165) is 11.3 Å². The summed E-state index contributed by atoms with van der Waals surface area (Å²) in [6.07, 6.45) is 0. The fourth-order valence-corrected chi connectivity index (χ4v) is 2.17. The van der Waals surface area contributed by atoms with Gasteiger partial charge in [-0.1, -0.05) is 18.2 Å². The fraction of sp³-hybridized carbons (Fsp3) is 0.429. The van der Waals surface area contributed by atoms with Crippen molar-refractivity contribution in [3.05, 3.63) is 29.8 Å². The molecule has 0 radical (unpaired) electrons. The molecule has 2 amide bonds. The van der Waals surface area contributed by atoms with Crippen LogP contribution < -0.4 is 20.7 Å². The van der Waals surface area contributed by atoms with Crippen LogP contribution in [0.2, 0.25) is 0 Å². The van der Waals surface area contributed by atoms with Gasteiger partial charge < -0.3 is 15.4 Å². The van der Waals surface area contributed by atoms with Gasteiger partial charge >= 0.3 is 0 Å². The summed E-state index contributed by atoms with van der Waals surface area (Å²) >= 11 is 0. The van der Waals surface area contributed by atoms with Crippen molar-refractivity contribution in [1.29, 1.82) is 0 Å². The molecule has 1 aromatic rings. The number of piperazine rings is 1. The molecule has 0 aromatic heterocycles. The predicted octanol–water partition coefficient (Wildman–Crippen LogP) is -0.0396. The zero-order valence-corrected chi connectivity index (χ0v) is 11.6. The molecule has 1 heterocycles. The standard InChI is InChI=1S/C14H19N3O3/c1-9(10-5-3-4-6-12(10)20-2)17-14(19)11-7-16-13(18)8-15-11/h3-6,9,11,15H,7-8H2,1-2H3,(H,16,18)(H,17,19)/t9-,11?/m1/s1. The second kappa shape index (κ2) is 6.38. The normalized spacial score (nSPS) is 19.9. The fourth-order valence-electron chi connectivity index (χ4n) is 2.17. The minimum Gasteiger partial charge on any atom is -0.496 e. The van der Waals surface area contributed by atoms with Gasteiger partial charge in [0.2, 0.25) is 11.8 Å². The van der Waals surface area contributed by atoms with Crippen LogP contribution in [0.25, 0.3) is 0 Å². The lowest BCUT2D eigenvalue weighted by Crippen LogP contribution is -2.58. The van der Waals surface area contributed by atoms with Gasteiger partial charge in [0.05, 0.1) is 19.7 Å². The van der Waals surface area contributed by atoms with E-state index in [9.17, 15) is 9.59 Å². The number of para-hydroxylation sites is 1. The smallest absolute Gasteiger partial charge is 0.239 e. The summed E-state index contributed by atoms with van der Waals surface area (Å²) in [4.78, 5) is 23.2. The Bertz CT molecular complexity index is 494. The molecule has 0 aliphatic carbocycles. The molecule has 3 N–H and O–H groups in total. The lowest BCUT2D eigenvalue weighted by atomic mass is 10.1. The predicted molar refractivity (Wildman–Crippen MR) is 74.4 cm³/mol. The Hall–Kier alpha value is -2.08. The molecule has 0 bridgehead atoms. The molecule has 0 saturated carbocycles. The summed E-state index contributed by atoms with van der Waals surface area (Å²) < 4.78 is 5.28. The van der Waals surface area contributed by atoms with Crippen molar-refractivity contribution >= 4 is 11.8 Å². The van der Waals surface area contributed by atoms with Gasteiger partial charge in [0, 0.05) is 12.1 Å². The topological polar surface area (TPSA) is 79.5 Å². The number of rotatable bonds is 4. The van der Waals surface area contributed by atoms with Gasteiger partial charge in [0.25, 0.3) is 0 Å². The lowest BCUT2D eigenvalue weighted by Gasteiger charge is -2.25. The van der Waals surface area contributed by atoms with Crippen LogP contribution in [0.1, 0.15) is 18.5 Å². The molecule has 1 saturated heterocycles. The Balaban J connectivity index is 1.98. The van der Waals surface area contributed by atoms with E-state index in [4.69, 9.17) is 4.74 Å². The van der Waals surface area contributed by atoms with Crippen molar-refractivity contribution < 1.29 is 14.3 Å². The summed E-state index contributed by atoms with van der Waals surface area (Å²) in [5.41, 5.74) is 0.920. The van der Waals surface area contributed by atoms with Gasteiger partial charge in [-0.25, -0.2) is 0 Å². The second-order valence-electron chi connectivity index (χ2n) is 4.71. The highest BCUT2D eigenvalue weighted by atomic mass is 16.5. The van der Waals surface area contributed by atoms with E-state index in [-0.39, 0.29) is 24.4 Å². The molecule has 1 aliphatic heterocycles. The third-order valence-electron chi connectivity index (χ3n) is 3.29. The van der Waals surface area contributed by atoms with E-state index in [2.05, 4.69) is 16.0 Å². The lowest BCUT2D eigenvalue weighted by molar-refractivity contribution is -0.127. The maximum absolute atomic E-state index is 12.1. The Morgan fingerprint density at radius 1 is 1.45 bits per heavy atom. The van der Waals surface area contributed by atoms with Crippen molar-refractivity contribution in [2.24, 2.45) is 0 Å². The molecule has 1 fully saturated rings. The average molecular weight is 277 g/mol. The first kappa shape index (κ1) is 14.3. The van der Waals surface area contributed by atoms with Crippen LogP contribution in [0.5, 0.6) is 5.75 Å². The molecule has 0 spiro atoms. The average Bonchev–Trinajstić information content (AvgIpc) is 2.47. The third-order valence-corrected chi connectivity index (χ3v) is 3.29. The van der Waals surface area contributed by atoms with Crippen LogP contribution >= 0.6 is 0 Å². The number of carbonyl (C=O) groups is 2. The Kier molecular flexibility index (Phi) is 4.57. The number of methoxy groups -OCH3 is 1. The highest BCUT2D eigenvalue weighted by Gasteiger charge is 2.25. The van der Waals surface area contributed by atoms with Crippen molar-refractivity contribution in [3.8, 4) is 5.75 Å². The highest BCUT2D eigenvalue weighted by molar-refractivity contribution is 5.87. The van der Waals surface area contributed by atoms with E-state index in [1.807, 2.05) is 31.2 Å². The van der Waals surface area contributed by atoms with Gasteiger partial charge in [0.1, 0.15) is 11.8 Å². The maximum atomic E-state index is 12.1. The third kappa shape index (κ3) is 3.27. The van der Waals surface area contributed by atoms with Gasteiger partial charge in [-0.3, -0.25) is 14.9 Å². The molecular formula is C14H19N3O3. The van der Waals surface area contributed by atoms with Crippen molar-refractivity contribution in [1.82, 2.24) is 16.0 Å². The molecule has 108 valence electrons. The Morgan fingerprint density at radius 3 is 2.85 bits per heavy atom. The number of benzene rings is 1. The van der Waals surface area contributed by atoms with Gasteiger partial charge in [-0.2, -0.15) is 0 Å². The van der Waals surface area contributed by atoms with Crippen molar-refractivity contribution in [2.75, 3.05) is 20.2 Å². The molecule has 6 heteroatoms. The molecule has 20 heavy (non-hydrogen) atoms. The summed E-state index contributed by atoms with van der Waals surface area (Å²) in [5.74, 6) is 0.514. The summed E-state index contributed by atoms with van der Waals surface area (Å²) in [5, 5.41) is 8.48. The first-order chi connectivity index (χ1) is 9.61. The van der Waals surface area contributed by atoms with Gasteiger partial charge in [-0.15, -0.1) is 0 Å². The largest absolute Gasteiger partial charge is 0.496 e. The number of ether oxygens (including phenoxy) is 1. The summed E-state index contributed by atoms with van der Waals surface area (Å²) in [6.45, 7) is 2.38. The molecular weight excluding hydrogens is 258 g/mol. The molecule has 2 atom stereocenters. The summed E-state index contributed by atoms with van der Waals surface area (Å²) in [7, 11) is 1.60. The Labute approximate surface area is 117 Å². The van der Waals surface area contributed by atoms with Crippen LogP contribution in [0, 0.1) is 0 Å². The van der Waals surface area contributed by atoms with E-state index >= 15 is 0 Å². The number of nitrogens with one attached hydrogen (secondary N) is 3. The zero-order chi connectivity index (χ0) is 14.5.